The van der Waals surface area contributed by atoms with Gasteiger partial charge in [-0.1, -0.05) is 12.1 Å². The number of urea groups is 1. The minimum absolute atomic E-state index is 0.224. The molecule has 0 saturated heterocycles. The summed E-state index contributed by atoms with van der Waals surface area (Å²) in [5.41, 5.74) is 3.65. The Morgan fingerprint density at radius 3 is 2.87 bits per heavy atom. The maximum Gasteiger partial charge on any atom is 0.319 e. The zero-order valence-corrected chi connectivity index (χ0v) is 13.2. The Morgan fingerprint density at radius 1 is 1.22 bits per heavy atom. The van der Waals surface area contributed by atoms with Crippen LogP contribution in [0, 0.1) is 13.8 Å². The van der Waals surface area contributed by atoms with Gasteiger partial charge in [-0.3, -0.25) is 4.98 Å². The third-order valence-electron chi connectivity index (χ3n) is 3.62. The predicted octanol–water partition coefficient (Wildman–Crippen LogP) is 2.87. The largest absolute Gasteiger partial charge is 0.336 e. The lowest BCUT2D eigenvalue weighted by Gasteiger charge is -2.10. The lowest BCUT2D eigenvalue weighted by Crippen LogP contribution is -2.31. The van der Waals surface area contributed by atoms with Crippen molar-refractivity contribution >= 4 is 22.8 Å². The zero-order valence-electron chi connectivity index (χ0n) is 13.2. The van der Waals surface area contributed by atoms with Crippen LogP contribution in [0.25, 0.3) is 11.0 Å². The molecular formula is C17H19N5O. The highest BCUT2D eigenvalue weighted by Crippen LogP contribution is 2.14. The summed E-state index contributed by atoms with van der Waals surface area (Å²) in [7, 11) is 0. The lowest BCUT2D eigenvalue weighted by atomic mass is 10.3. The second-order valence-corrected chi connectivity index (χ2v) is 5.37. The minimum Gasteiger partial charge on any atom is -0.336 e. The van der Waals surface area contributed by atoms with Gasteiger partial charge < -0.3 is 15.2 Å². The van der Waals surface area contributed by atoms with E-state index in [1.165, 1.54) is 0 Å². The number of amides is 2. The molecule has 0 spiro atoms. The van der Waals surface area contributed by atoms with Crippen molar-refractivity contribution in [3.63, 3.8) is 0 Å². The van der Waals surface area contributed by atoms with E-state index in [0.29, 0.717) is 13.1 Å². The van der Waals surface area contributed by atoms with E-state index in [-0.39, 0.29) is 6.03 Å². The van der Waals surface area contributed by atoms with Crippen molar-refractivity contribution in [1.82, 2.24) is 19.9 Å². The fourth-order valence-electron chi connectivity index (χ4n) is 2.56. The third-order valence-corrected chi connectivity index (χ3v) is 3.62. The summed E-state index contributed by atoms with van der Waals surface area (Å²) in [4.78, 5) is 20.5. The molecule has 0 unspecified atom stereocenters. The summed E-state index contributed by atoms with van der Waals surface area (Å²) in [5.74, 6) is 0.943. The second kappa shape index (κ2) is 6.48. The predicted molar refractivity (Wildman–Crippen MR) is 90.5 cm³/mol. The topological polar surface area (TPSA) is 71.8 Å². The molecule has 2 aromatic heterocycles. The fraction of sp³-hybridized carbons (Fsp3) is 0.235. The molecule has 3 rings (SSSR count). The first-order chi connectivity index (χ1) is 11.1. The molecular weight excluding hydrogens is 290 g/mol. The number of para-hydroxylation sites is 2. The number of hydrogen-bond acceptors (Lipinski definition) is 3. The van der Waals surface area contributed by atoms with E-state index in [1.54, 1.807) is 12.3 Å². The van der Waals surface area contributed by atoms with Crippen LogP contribution in [-0.4, -0.2) is 27.1 Å². The van der Waals surface area contributed by atoms with Gasteiger partial charge in [-0.2, -0.15) is 0 Å². The number of hydrogen-bond donors (Lipinski definition) is 2. The van der Waals surface area contributed by atoms with Crippen LogP contribution in [0.4, 0.5) is 10.5 Å². The number of pyridine rings is 1. The molecule has 6 heteroatoms. The van der Waals surface area contributed by atoms with Gasteiger partial charge in [0.15, 0.2) is 0 Å². The van der Waals surface area contributed by atoms with Crippen LogP contribution in [0.15, 0.2) is 42.6 Å². The molecule has 0 saturated carbocycles. The van der Waals surface area contributed by atoms with Gasteiger partial charge in [0.05, 0.1) is 11.0 Å². The number of benzene rings is 1. The first kappa shape index (κ1) is 15.0. The van der Waals surface area contributed by atoms with E-state index in [1.807, 2.05) is 44.2 Å². The molecule has 6 nitrogen and oxygen atoms in total. The molecule has 0 bridgehead atoms. The molecule has 2 heterocycles. The Morgan fingerprint density at radius 2 is 2.04 bits per heavy atom. The Bertz CT molecular complexity index is 840. The number of rotatable bonds is 4. The van der Waals surface area contributed by atoms with E-state index in [9.17, 15) is 4.79 Å². The number of nitrogens with one attached hydrogen (secondary N) is 2. The monoisotopic (exact) mass is 309 g/mol. The summed E-state index contributed by atoms with van der Waals surface area (Å²) in [6, 6.07) is 11.4. The first-order valence-electron chi connectivity index (χ1n) is 7.53. The zero-order chi connectivity index (χ0) is 16.2. The number of nitrogens with zero attached hydrogens (tertiary/aromatic N) is 3. The third kappa shape index (κ3) is 3.48. The normalized spacial score (nSPS) is 10.7. The van der Waals surface area contributed by atoms with Gasteiger partial charge in [0.1, 0.15) is 5.82 Å². The average molecular weight is 309 g/mol. The maximum atomic E-state index is 11.9. The van der Waals surface area contributed by atoms with Gasteiger partial charge in [0.2, 0.25) is 0 Å². The molecule has 0 atom stereocenters. The molecule has 0 aliphatic rings. The van der Waals surface area contributed by atoms with Crippen LogP contribution in [0.5, 0.6) is 0 Å². The Hall–Kier alpha value is -2.89. The highest BCUT2D eigenvalue weighted by Gasteiger charge is 2.07. The standard InChI is InChI=1S/C17H19N5O/c1-12-11-14(7-8-18-12)21-17(23)19-9-10-22-13(2)20-15-5-3-4-6-16(15)22/h3-8,11H,9-10H2,1-2H3,(H2,18,19,21,23). The van der Waals surface area contributed by atoms with Crippen LogP contribution in [0.2, 0.25) is 0 Å². The number of fused-ring (bicyclic) bond motifs is 1. The highest BCUT2D eigenvalue weighted by atomic mass is 16.2. The van der Waals surface area contributed by atoms with Gasteiger partial charge in [-0.15, -0.1) is 0 Å². The number of aryl methyl sites for hydroxylation is 2. The van der Waals surface area contributed by atoms with Crippen molar-refractivity contribution < 1.29 is 4.79 Å². The quantitative estimate of drug-likeness (QED) is 0.778. The molecule has 2 N–H and O–H groups in total. The van der Waals surface area contributed by atoms with Gasteiger partial charge in [0, 0.05) is 30.7 Å². The van der Waals surface area contributed by atoms with Crippen LogP contribution >= 0.6 is 0 Å². The van der Waals surface area contributed by atoms with E-state index in [4.69, 9.17) is 0 Å². The average Bonchev–Trinajstić information content (AvgIpc) is 2.83. The second-order valence-electron chi connectivity index (χ2n) is 5.37. The van der Waals surface area contributed by atoms with E-state index in [2.05, 4.69) is 25.2 Å². The van der Waals surface area contributed by atoms with E-state index >= 15 is 0 Å². The number of anilines is 1. The summed E-state index contributed by atoms with van der Waals surface area (Å²) in [6.45, 7) is 5.06. The van der Waals surface area contributed by atoms with Crippen molar-refractivity contribution in [2.45, 2.75) is 20.4 Å². The van der Waals surface area contributed by atoms with Crippen LogP contribution in [0.1, 0.15) is 11.5 Å². The van der Waals surface area contributed by atoms with Crippen LogP contribution in [-0.2, 0) is 6.54 Å². The first-order valence-corrected chi connectivity index (χ1v) is 7.53. The number of imidazole rings is 1. The van der Waals surface area contributed by atoms with Crippen LogP contribution in [0.3, 0.4) is 0 Å². The van der Waals surface area contributed by atoms with Crippen molar-refractivity contribution in [3.8, 4) is 0 Å². The van der Waals surface area contributed by atoms with Crippen molar-refractivity contribution in [3.05, 3.63) is 54.1 Å². The fourth-order valence-corrected chi connectivity index (χ4v) is 2.56. The molecule has 0 aliphatic carbocycles. The molecule has 0 fully saturated rings. The molecule has 3 aromatic rings. The Kier molecular flexibility index (Phi) is 4.23. The molecule has 2 amide bonds. The lowest BCUT2D eigenvalue weighted by molar-refractivity contribution is 0.251. The molecule has 23 heavy (non-hydrogen) atoms. The van der Waals surface area contributed by atoms with Crippen molar-refractivity contribution in [2.75, 3.05) is 11.9 Å². The number of carbonyl (C=O) groups is 1. The van der Waals surface area contributed by atoms with Gasteiger partial charge in [-0.05, 0) is 38.1 Å². The summed E-state index contributed by atoms with van der Waals surface area (Å²) < 4.78 is 2.10. The molecule has 118 valence electrons. The smallest absolute Gasteiger partial charge is 0.319 e. The van der Waals surface area contributed by atoms with E-state index in [0.717, 1.165) is 28.2 Å². The van der Waals surface area contributed by atoms with Gasteiger partial charge in [0.25, 0.3) is 0 Å². The van der Waals surface area contributed by atoms with Crippen molar-refractivity contribution in [1.29, 1.82) is 0 Å². The van der Waals surface area contributed by atoms with E-state index < -0.39 is 0 Å². The number of carbonyl (C=O) groups excluding carboxylic acids is 1. The highest BCUT2D eigenvalue weighted by molar-refractivity contribution is 5.89. The minimum atomic E-state index is -0.224. The number of aromatic nitrogens is 3. The Balaban J connectivity index is 1.58. The summed E-state index contributed by atoms with van der Waals surface area (Å²) in [5, 5.41) is 5.66. The van der Waals surface area contributed by atoms with Gasteiger partial charge >= 0.3 is 6.03 Å². The SMILES string of the molecule is Cc1cc(NC(=O)NCCn2c(C)nc3ccccc32)ccn1. The van der Waals surface area contributed by atoms with Gasteiger partial charge in [-0.25, -0.2) is 9.78 Å². The molecule has 0 aliphatic heterocycles. The van der Waals surface area contributed by atoms with Crippen molar-refractivity contribution in [2.24, 2.45) is 0 Å². The van der Waals surface area contributed by atoms with Crippen LogP contribution < -0.4 is 10.6 Å². The maximum absolute atomic E-state index is 11.9. The summed E-state index contributed by atoms with van der Waals surface area (Å²) >= 11 is 0. The summed E-state index contributed by atoms with van der Waals surface area (Å²) in [6.07, 6.45) is 1.67. The Labute approximate surface area is 134 Å². The molecule has 0 radical (unpaired) electrons. The molecule has 1 aromatic carbocycles.